The Bertz CT molecular complexity index is 626. The van der Waals surface area contributed by atoms with Crippen molar-refractivity contribution in [3.8, 4) is 11.3 Å². The number of carbonyl (C=O) groups is 1. The molecule has 2 heterocycles. The van der Waals surface area contributed by atoms with Crippen molar-refractivity contribution in [3.63, 3.8) is 0 Å². The number of thiazole rings is 1. The second-order valence-electron chi connectivity index (χ2n) is 5.59. The van der Waals surface area contributed by atoms with Gasteiger partial charge >= 0.3 is 0 Å². The Hall–Kier alpha value is -1.72. The van der Waals surface area contributed by atoms with Crippen molar-refractivity contribution in [2.45, 2.75) is 31.8 Å². The minimum absolute atomic E-state index is 0.0113. The molecule has 0 spiro atoms. The van der Waals surface area contributed by atoms with Crippen LogP contribution in [0.25, 0.3) is 11.3 Å². The Labute approximate surface area is 135 Å². The number of piperidine rings is 1. The van der Waals surface area contributed by atoms with E-state index in [1.807, 2.05) is 18.2 Å². The highest BCUT2D eigenvalue weighted by Gasteiger charge is 2.28. The molecular formula is C17H21N3OS. The molecule has 1 N–H and O–H groups in total. The third kappa shape index (κ3) is 3.36. The molecule has 0 bridgehead atoms. The van der Waals surface area contributed by atoms with Crippen LogP contribution < -0.4 is 5.32 Å². The summed E-state index contributed by atoms with van der Waals surface area (Å²) in [5.74, 6) is 0.125. The van der Waals surface area contributed by atoms with Gasteiger partial charge in [-0.2, -0.15) is 0 Å². The van der Waals surface area contributed by atoms with Crippen molar-refractivity contribution in [1.82, 2.24) is 15.2 Å². The van der Waals surface area contributed by atoms with Crippen LogP contribution in [0.3, 0.4) is 0 Å². The topological polar surface area (TPSA) is 45.2 Å². The van der Waals surface area contributed by atoms with Crippen molar-refractivity contribution < 1.29 is 4.79 Å². The van der Waals surface area contributed by atoms with Crippen LogP contribution in [0.1, 0.15) is 24.3 Å². The number of hydrogen-bond acceptors (Lipinski definition) is 4. The summed E-state index contributed by atoms with van der Waals surface area (Å²) < 4.78 is 0. The van der Waals surface area contributed by atoms with Gasteiger partial charge in [-0.05, 0) is 19.4 Å². The number of hydrogen-bond donors (Lipinski definition) is 1. The molecule has 1 fully saturated rings. The summed E-state index contributed by atoms with van der Waals surface area (Å²) in [6.07, 6.45) is 3.22. The first kappa shape index (κ1) is 15.2. The fourth-order valence-corrected chi connectivity index (χ4v) is 3.77. The molecule has 5 heteroatoms. The number of carbonyl (C=O) groups excluding carboxylic acids is 1. The first-order valence-corrected chi connectivity index (χ1v) is 8.61. The lowest BCUT2D eigenvalue weighted by Gasteiger charge is -2.33. The third-order valence-corrected chi connectivity index (χ3v) is 4.96. The Morgan fingerprint density at radius 3 is 2.95 bits per heavy atom. The number of likely N-dealkylation sites (tertiary alicyclic amines) is 1. The zero-order valence-corrected chi connectivity index (χ0v) is 13.6. The van der Waals surface area contributed by atoms with Gasteiger partial charge < -0.3 is 5.32 Å². The molecule has 0 saturated carbocycles. The molecule has 1 aromatic heterocycles. The molecular weight excluding hydrogens is 294 g/mol. The van der Waals surface area contributed by atoms with Gasteiger partial charge in [0.2, 0.25) is 5.91 Å². The average molecular weight is 315 g/mol. The summed E-state index contributed by atoms with van der Waals surface area (Å²) in [5, 5.41) is 5.96. The molecule has 3 rings (SSSR count). The van der Waals surface area contributed by atoms with Gasteiger partial charge in [0.25, 0.3) is 0 Å². The Kier molecular flexibility index (Phi) is 4.85. The molecule has 0 aliphatic carbocycles. The Balaban J connectivity index is 1.72. The number of aromatic nitrogens is 1. The van der Waals surface area contributed by atoms with Crippen LogP contribution in [0.4, 0.5) is 0 Å². The van der Waals surface area contributed by atoms with Crippen LogP contribution >= 0.6 is 11.3 Å². The predicted molar refractivity (Wildman–Crippen MR) is 89.7 cm³/mol. The lowest BCUT2D eigenvalue weighted by molar-refractivity contribution is -0.127. The summed E-state index contributed by atoms with van der Waals surface area (Å²) in [4.78, 5) is 19.0. The highest BCUT2D eigenvalue weighted by Crippen LogP contribution is 2.25. The van der Waals surface area contributed by atoms with Crippen molar-refractivity contribution in [2.75, 3.05) is 13.6 Å². The van der Waals surface area contributed by atoms with E-state index in [1.165, 1.54) is 0 Å². The zero-order valence-electron chi connectivity index (χ0n) is 12.8. The van der Waals surface area contributed by atoms with Crippen LogP contribution in [-0.4, -0.2) is 35.4 Å². The van der Waals surface area contributed by atoms with Crippen LogP contribution in [0.2, 0.25) is 0 Å². The molecule has 1 aliphatic heterocycles. The molecule has 4 nitrogen and oxygen atoms in total. The van der Waals surface area contributed by atoms with Gasteiger partial charge in [0.15, 0.2) is 0 Å². The molecule has 116 valence electrons. The van der Waals surface area contributed by atoms with Gasteiger partial charge in [0, 0.05) is 18.0 Å². The fraction of sp³-hybridized carbons (Fsp3) is 0.412. The lowest BCUT2D eigenvalue weighted by atomic mass is 10.0. The first-order chi connectivity index (χ1) is 10.8. The number of benzene rings is 1. The van der Waals surface area contributed by atoms with E-state index in [0.29, 0.717) is 0 Å². The highest BCUT2D eigenvalue weighted by atomic mass is 32.1. The first-order valence-electron chi connectivity index (χ1n) is 7.73. The van der Waals surface area contributed by atoms with Gasteiger partial charge in [-0.15, -0.1) is 11.3 Å². The maximum absolute atomic E-state index is 12.0. The number of rotatable bonds is 4. The summed E-state index contributed by atoms with van der Waals surface area (Å²) >= 11 is 1.67. The van der Waals surface area contributed by atoms with E-state index in [1.54, 1.807) is 18.4 Å². The van der Waals surface area contributed by atoms with Crippen LogP contribution in [-0.2, 0) is 11.3 Å². The van der Waals surface area contributed by atoms with Crippen LogP contribution in [0, 0.1) is 0 Å². The van der Waals surface area contributed by atoms with E-state index >= 15 is 0 Å². The largest absolute Gasteiger partial charge is 0.358 e. The van der Waals surface area contributed by atoms with Gasteiger partial charge in [-0.3, -0.25) is 9.69 Å². The molecule has 1 atom stereocenters. The number of amides is 1. The average Bonchev–Trinajstić information content (AvgIpc) is 3.04. The molecule has 0 radical (unpaired) electrons. The second kappa shape index (κ2) is 7.03. The molecule has 1 amide bonds. The minimum atomic E-state index is -0.0113. The van der Waals surface area contributed by atoms with Gasteiger partial charge in [-0.1, -0.05) is 36.8 Å². The molecule has 1 aliphatic rings. The van der Waals surface area contributed by atoms with Gasteiger partial charge in [-0.25, -0.2) is 4.98 Å². The summed E-state index contributed by atoms with van der Waals surface area (Å²) in [6.45, 7) is 1.73. The molecule has 0 unspecified atom stereocenters. The second-order valence-corrected chi connectivity index (χ2v) is 6.53. The maximum atomic E-state index is 12.0. The Morgan fingerprint density at radius 1 is 1.36 bits per heavy atom. The molecule has 1 aromatic carbocycles. The zero-order chi connectivity index (χ0) is 15.4. The van der Waals surface area contributed by atoms with Crippen molar-refractivity contribution in [1.29, 1.82) is 0 Å². The number of likely N-dealkylation sites (N-methyl/N-ethyl adjacent to an activating group) is 1. The van der Waals surface area contributed by atoms with Crippen molar-refractivity contribution in [3.05, 3.63) is 40.7 Å². The monoisotopic (exact) mass is 315 g/mol. The standard InChI is InChI=1S/C17H21N3OS/c1-18-17(21)15-9-5-6-10-20(15)11-16-19-14(12-22-16)13-7-3-2-4-8-13/h2-4,7-8,12,15H,5-6,9-11H2,1H3,(H,18,21)/t15-/m1/s1. The van der Waals surface area contributed by atoms with E-state index in [-0.39, 0.29) is 11.9 Å². The van der Waals surface area contributed by atoms with E-state index in [4.69, 9.17) is 4.98 Å². The summed E-state index contributed by atoms with van der Waals surface area (Å²) in [5.41, 5.74) is 2.17. The SMILES string of the molecule is CNC(=O)[C@H]1CCCCN1Cc1nc(-c2ccccc2)cs1. The summed E-state index contributed by atoms with van der Waals surface area (Å²) in [6, 6.07) is 10.2. The van der Waals surface area contributed by atoms with E-state index in [2.05, 4.69) is 27.7 Å². The molecule has 1 saturated heterocycles. The Morgan fingerprint density at radius 2 is 2.18 bits per heavy atom. The fourth-order valence-electron chi connectivity index (χ4n) is 2.94. The smallest absolute Gasteiger partial charge is 0.237 e. The van der Waals surface area contributed by atoms with E-state index < -0.39 is 0 Å². The molecule has 22 heavy (non-hydrogen) atoms. The third-order valence-electron chi connectivity index (χ3n) is 4.12. The maximum Gasteiger partial charge on any atom is 0.237 e. The highest BCUT2D eigenvalue weighted by molar-refractivity contribution is 7.09. The lowest BCUT2D eigenvalue weighted by Crippen LogP contribution is -2.48. The number of nitrogens with one attached hydrogen (secondary N) is 1. The van der Waals surface area contributed by atoms with E-state index in [9.17, 15) is 4.79 Å². The normalized spacial score (nSPS) is 19.0. The van der Waals surface area contributed by atoms with Crippen LogP contribution in [0.5, 0.6) is 0 Å². The number of nitrogens with zero attached hydrogens (tertiary/aromatic N) is 2. The minimum Gasteiger partial charge on any atom is -0.358 e. The predicted octanol–water partition coefficient (Wildman–Crippen LogP) is 2.91. The van der Waals surface area contributed by atoms with E-state index in [0.717, 1.165) is 48.6 Å². The van der Waals surface area contributed by atoms with Crippen molar-refractivity contribution >= 4 is 17.2 Å². The quantitative estimate of drug-likeness (QED) is 0.943. The van der Waals surface area contributed by atoms with Gasteiger partial charge in [0.05, 0.1) is 18.3 Å². The van der Waals surface area contributed by atoms with Crippen molar-refractivity contribution in [2.24, 2.45) is 0 Å². The van der Waals surface area contributed by atoms with Crippen LogP contribution in [0.15, 0.2) is 35.7 Å². The van der Waals surface area contributed by atoms with Gasteiger partial charge in [0.1, 0.15) is 5.01 Å². The molecule has 2 aromatic rings. The summed E-state index contributed by atoms with van der Waals surface area (Å²) in [7, 11) is 1.71.